The van der Waals surface area contributed by atoms with Crippen LogP contribution >= 0.6 is 0 Å². The average Bonchev–Trinajstić information content (AvgIpc) is 2.93. The fourth-order valence-electron chi connectivity index (χ4n) is 2.88. The van der Waals surface area contributed by atoms with Gasteiger partial charge in [0.15, 0.2) is 0 Å². The Balaban J connectivity index is 1.69. The van der Waals surface area contributed by atoms with Crippen LogP contribution in [0.3, 0.4) is 0 Å². The van der Waals surface area contributed by atoms with Gasteiger partial charge in [-0.05, 0) is 50.5 Å². The van der Waals surface area contributed by atoms with E-state index in [0.717, 1.165) is 6.07 Å². The van der Waals surface area contributed by atoms with Crippen molar-refractivity contribution >= 4 is 18.5 Å². The summed E-state index contributed by atoms with van der Waals surface area (Å²) in [5, 5.41) is 2.58. The lowest BCUT2D eigenvalue weighted by atomic mass is 9.79. The minimum absolute atomic E-state index is 0.0449. The molecule has 0 bridgehead atoms. The van der Waals surface area contributed by atoms with Crippen LogP contribution in [0.25, 0.3) is 0 Å². The van der Waals surface area contributed by atoms with Gasteiger partial charge in [-0.25, -0.2) is 8.78 Å². The lowest BCUT2D eigenvalue weighted by molar-refractivity contribution is 0.0842. The van der Waals surface area contributed by atoms with E-state index in [9.17, 15) is 13.6 Å². The van der Waals surface area contributed by atoms with Crippen LogP contribution in [0.15, 0.2) is 36.4 Å². The topological polar surface area (TPSA) is 56.8 Å². The number of carbonyl (C=O) groups excluding carboxylic acids is 1. The molecule has 1 heterocycles. The third kappa shape index (κ3) is 4.18. The lowest BCUT2D eigenvalue weighted by Crippen LogP contribution is -2.35. The molecule has 3 rings (SSSR count). The maximum atomic E-state index is 14.5. The highest BCUT2D eigenvalue weighted by molar-refractivity contribution is 6.62. The van der Waals surface area contributed by atoms with Crippen molar-refractivity contribution in [1.82, 2.24) is 5.32 Å². The first-order chi connectivity index (χ1) is 13.2. The summed E-state index contributed by atoms with van der Waals surface area (Å²) in [5.74, 6) is -1.37. The summed E-state index contributed by atoms with van der Waals surface area (Å²) in [4.78, 5) is 12.3. The molecule has 2 aromatic rings. The molecule has 1 aliphatic heterocycles. The number of halogens is 2. The van der Waals surface area contributed by atoms with E-state index in [1.807, 2.05) is 20.8 Å². The Kier molecular flexibility index (Phi) is 5.72. The van der Waals surface area contributed by atoms with E-state index >= 15 is 0 Å². The first-order valence-corrected chi connectivity index (χ1v) is 8.94. The Labute approximate surface area is 163 Å². The van der Waals surface area contributed by atoms with Crippen molar-refractivity contribution in [2.75, 3.05) is 7.11 Å². The van der Waals surface area contributed by atoms with E-state index in [1.165, 1.54) is 25.3 Å². The van der Waals surface area contributed by atoms with Crippen molar-refractivity contribution in [3.63, 3.8) is 0 Å². The molecule has 1 saturated heterocycles. The second kappa shape index (κ2) is 7.89. The van der Waals surface area contributed by atoms with Gasteiger partial charge in [-0.3, -0.25) is 4.79 Å². The Morgan fingerprint density at radius 1 is 1.25 bits per heavy atom. The molecule has 0 saturated carbocycles. The quantitative estimate of drug-likeness (QED) is 0.800. The number of methoxy groups -OCH3 is 1. The summed E-state index contributed by atoms with van der Waals surface area (Å²) in [7, 11) is 0.747. The van der Waals surface area contributed by atoms with Crippen LogP contribution in [0.1, 0.15) is 36.7 Å². The first-order valence-electron chi connectivity index (χ1n) is 8.94. The van der Waals surface area contributed by atoms with Crippen molar-refractivity contribution in [1.29, 1.82) is 0 Å². The number of rotatable bonds is 5. The standard InChI is InChI=1S/C20H22BF2NO4/c1-12-20(2,3)28-21(27-12)14-6-5-13(17(23)9-14)11-24-19(25)16-10-15(22)7-8-18(16)26-4/h5-10,12H,11H2,1-4H3,(H,24,25). The SMILES string of the molecule is COc1ccc(F)cc1C(=O)NCc1ccc(B2OC(C)C(C)(C)O2)cc1F. The molecule has 1 aliphatic rings. The number of amides is 1. The van der Waals surface area contributed by atoms with Crippen LogP contribution in [0.4, 0.5) is 8.78 Å². The second-order valence-electron chi connectivity index (χ2n) is 7.21. The molecule has 8 heteroatoms. The molecule has 5 nitrogen and oxygen atoms in total. The largest absolute Gasteiger partial charge is 0.496 e. The highest BCUT2D eigenvalue weighted by Gasteiger charge is 2.43. The number of hydrogen-bond donors (Lipinski definition) is 1. The van der Waals surface area contributed by atoms with Gasteiger partial charge in [0.05, 0.1) is 24.4 Å². The predicted molar refractivity (Wildman–Crippen MR) is 102 cm³/mol. The molecule has 1 fully saturated rings. The molecule has 0 aromatic heterocycles. The number of benzene rings is 2. The van der Waals surface area contributed by atoms with Crippen molar-refractivity contribution in [3.05, 3.63) is 59.2 Å². The molecule has 1 amide bonds. The van der Waals surface area contributed by atoms with Gasteiger partial charge in [0.25, 0.3) is 5.91 Å². The van der Waals surface area contributed by atoms with Crippen LogP contribution in [0.5, 0.6) is 5.75 Å². The molecular weight excluding hydrogens is 367 g/mol. The number of carbonyl (C=O) groups is 1. The fraction of sp³-hybridized carbons (Fsp3) is 0.350. The van der Waals surface area contributed by atoms with Crippen LogP contribution < -0.4 is 15.5 Å². The summed E-state index contributed by atoms with van der Waals surface area (Å²) in [6.45, 7) is 5.68. The second-order valence-corrected chi connectivity index (χ2v) is 7.21. The third-order valence-corrected chi connectivity index (χ3v) is 4.91. The van der Waals surface area contributed by atoms with Crippen molar-refractivity contribution in [2.45, 2.75) is 39.0 Å². The summed E-state index contributed by atoms with van der Waals surface area (Å²) >= 11 is 0. The van der Waals surface area contributed by atoms with Gasteiger partial charge in [-0.1, -0.05) is 12.1 Å². The summed E-state index contributed by atoms with van der Waals surface area (Å²) in [5.41, 5.74) is 0.440. The first kappa shape index (κ1) is 20.3. The van der Waals surface area contributed by atoms with Crippen molar-refractivity contribution in [2.24, 2.45) is 0 Å². The van der Waals surface area contributed by atoms with Crippen LogP contribution in [-0.4, -0.2) is 31.8 Å². The van der Waals surface area contributed by atoms with Gasteiger partial charge in [-0.2, -0.15) is 0 Å². The van der Waals surface area contributed by atoms with Gasteiger partial charge >= 0.3 is 7.12 Å². The highest BCUT2D eigenvalue weighted by Crippen LogP contribution is 2.27. The van der Waals surface area contributed by atoms with Gasteiger partial charge in [0.1, 0.15) is 17.4 Å². The van der Waals surface area contributed by atoms with E-state index in [4.69, 9.17) is 14.0 Å². The van der Waals surface area contributed by atoms with E-state index in [0.29, 0.717) is 5.46 Å². The lowest BCUT2D eigenvalue weighted by Gasteiger charge is -2.21. The minimum atomic E-state index is -0.639. The molecule has 148 valence electrons. The van der Waals surface area contributed by atoms with Crippen molar-refractivity contribution in [3.8, 4) is 5.75 Å². The van der Waals surface area contributed by atoms with Crippen LogP contribution in [0.2, 0.25) is 0 Å². The normalized spacial score (nSPS) is 18.2. The molecule has 0 radical (unpaired) electrons. The summed E-state index contributed by atoms with van der Waals surface area (Å²) in [6.07, 6.45) is -0.124. The highest BCUT2D eigenvalue weighted by atomic mass is 19.1. The summed E-state index contributed by atoms with van der Waals surface area (Å²) in [6, 6.07) is 8.24. The average molecular weight is 389 g/mol. The molecule has 0 aliphatic carbocycles. The molecule has 1 atom stereocenters. The number of nitrogens with one attached hydrogen (secondary N) is 1. The predicted octanol–water partition coefficient (Wildman–Crippen LogP) is 2.81. The maximum Gasteiger partial charge on any atom is 0.494 e. The van der Waals surface area contributed by atoms with E-state index in [1.54, 1.807) is 12.1 Å². The van der Waals surface area contributed by atoms with E-state index < -0.39 is 30.3 Å². The zero-order chi connectivity index (χ0) is 20.5. The number of hydrogen-bond acceptors (Lipinski definition) is 4. The number of ether oxygens (including phenoxy) is 1. The zero-order valence-corrected chi connectivity index (χ0v) is 16.2. The van der Waals surface area contributed by atoms with Crippen molar-refractivity contribution < 1.29 is 27.6 Å². The van der Waals surface area contributed by atoms with Crippen LogP contribution in [0, 0.1) is 11.6 Å². The fourth-order valence-corrected chi connectivity index (χ4v) is 2.88. The Morgan fingerprint density at radius 3 is 2.61 bits per heavy atom. The van der Waals surface area contributed by atoms with Gasteiger partial charge in [0.2, 0.25) is 0 Å². The molecule has 1 unspecified atom stereocenters. The molecule has 2 aromatic carbocycles. The summed E-state index contributed by atoms with van der Waals surface area (Å²) < 4.78 is 44.6. The molecule has 0 spiro atoms. The maximum absolute atomic E-state index is 14.5. The molecule has 1 N–H and O–H groups in total. The Bertz CT molecular complexity index is 891. The monoisotopic (exact) mass is 389 g/mol. The minimum Gasteiger partial charge on any atom is -0.496 e. The molecular formula is C20H22BF2NO4. The van der Waals surface area contributed by atoms with Gasteiger partial charge < -0.3 is 19.4 Å². The molecule has 28 heavy (non-hydrogen) atoms. The zero-order valence-electron chi connectivity index (χ0n) is 16.2. The Morgan fingerprint density at radius 2 is 2.00 bits per heavy atom. The Hall–Kier alpha value is -2.45. The van der Waals surface area contributed by atoms with Gasteiger partial charge in [-0.15, -0.1) is 0 Å². The van der Waals surface area contributed by atoms with Crippen LogP contribution in [-0.2, 0) is 15.9 Å². The van der Waals surface area contributed by atoms with Gasteiger partial charge in [0, 0.05) is 12.1 Å². The van der Waals surface area contributed by atoms with E-state index in [-0.39, 0.29) is 29.5 Å². The smallest absolute Gasteiger partial charge is 0.494 e. The third-order valence-electron chi connectivity index (χ3n) is 4.91. The van der Waals surface area contributed by atoms with E-state index in [2.05, 4.69) is 5.32 Å².